The lowest BCUT2D eigenvalue weighted by Crippen LogP contribution is -1.96. The highest BCUT2D eigenvalue weighted by molar-refractivity contribution is 8.52. The molecule has 0 amide bonds. The summed E-state index contributed by atoms with van der Waals surface area (Å²) in [5, 5.41) is 0. The standard InChI is InChI=1S/C2H7OPS2/c1-2-4(3,5)6/h2H2,1H3,(H2,3,5,6)/p-2. The Morgan fingerprint density at radius 3 is 2.17 bits per heavy atom. The maximum Gasteiger partial charge on any atom is -0.0607 e. The van der Waals surface area contributed by atoms with Crippen LogP contribution in [0.3, 0.4) is 0 Å². The molecule has 0 aliphatic heterocycles. The highest BCUT2D eigenvalue weighted by Crippen LogP contribution is 2.30. The van der Waals surface area contributed by atoms with Gasteiger partial charge in [-0.25, -0.2) is 0 Å². The van der Waals surface area contributed by atoms with Gasteiger partial charge in [0, 0.05) is 0 Å². The Bertz CT molecular complexity index is 75.6. The van der Waals surface area contributed by atoms with Crippen molar-refractivity contribution in [1.82, 2.24) is 0 Å². The van der Waals surface area contributed by atoms with Gasteiger partial charge >= 0.3 is 0 Å². The Labute approximate surface area is 48.0 Å². The Kier molecular flexibility index (Phi) is 2.68. The molecule has 0 spiro atoms. The Balaban J connectivity index is 3.48. The maximum atomic E-state index is 10.2. The molecular weight excluding hydrogens is 135 g/mol. The summed E-state index contributed by atoms with van der Waals surface area (Å²) in [5.41, 5.74) is -2.48. The molecule has 0 rings (SSSR count). The lowest BCUT2D eigenvalue weighted by molar-refractivity contribution is -0.154. The van der Waals surface area contributed by atoms with E-state index in [4.69, 9.17) is 0 Å². The van der Waals surface area contributed by atoms with Crippen molar-refractivity contribution < 1.29 is 4.89 Å². The second-order valence-corrected chi connectivity index (χ2v) is 7.01. The van der Waals surface area contributed by atoms with Crippen LogP contribution in [0, 0.1) is 0 Å². The summed E-state index contributed by atoms with van der Waals surface area (Å²) < 4.78 is 0. The molecule has 0 aromatic rings. The van der Waals surface area contributed by atoms with E-state index in [-0.39, 0.29) is 0 Å². The van der Waals surface area contributed by atoms with Crippen LogP contribution in [0.2, 0.25) is 0 Å². The second kappa shape index (κ2) is 2.31. The van der Waals surface area contributed by atoms with Gasteiger partial charge in [0.1, 0.15) is 0 Å². The first kappa shape index (κ1) is 6.96. The van der Waals surface area contributed by atoms with Gasteiger partial charge in [0.05, 0.1) is 0 Å². The quantitative estimate of drug-likeness (QED) is 0.384. The topological polar surface area (TPSA) is 23.1 Å². The SMILES string of the molecule is CCP([O-])(=S)[S-]. The Morgan fingerprint density at radius 1 is 2.00 bits per heavy atom. The van der Waals surface area contributed by atoms with E-state index in [1.165, 1.54) is 0 Å². The van der Waals surface area contributed by atoms with Gasteiger partial charge in [-0.15, -0.1) is 11.8 Å². The zero-order valence-electron chi connectivity index (χ0n) is 3.38. The van der Waals surface area contributed by atoms with Crippen LogP contribution < -0.4 is 4.89 Å². The molecule has 1 unspecified atom stereocenters. The van der Waals surface area contributed by atoms with Crippen LogP contribution in [-0.4, -0.2) is 6.16 Å². The summed E-state index contributed by atoms with van der Waals surface area (Å²) in [6.45, 7) is 1.74. The van der Waals surface area contributed by atoms with E-state index in [1.807, 2.05) is 0 Å². The monoisotopic (exact) mass is 140 g/mol. The lowest BCUT2D eigenvalue weighted by atomic mass is 11.0. The van der Waals surface area contributed by atoms with Crippen molar-refractivity contribution in [2.75, 3.05) is 6.16 Å². The van der Waals surface area contributed by atoms with Crippen LogP contribution in [0.25, 0.3) is 0 Å². The third-order valence-corrected chi connectivity index (χ3v) is 2.71. The third-order valence-electron chi connectivity index (χ3n) is 0.387. The van der Waals surface area contributed by atoms with Gasteiger partial charge in [-0.1, -0.05) is 13.1 Å². The second-order valence-electron chi connectivity index (χ2n) is 0.927. The van der Waals surface area contributed by atoms with E-state index in [0.717, 1.165) is 0 Å². The predicted molar refractivity (Wildman–Crippen MR) is 32.2 cm³/mol. The molecular formula is C2H5OPS2-2. The number of hydrogen-bond donors (Lipinski definition) is 0. The van der Waals surface area contributed by atoms with Crippen molar-refractivity contribution in [3.63, 3.8) is 0 Å². The van der Waals surface area contributed by atoms with Crippen LogP contribution in [0.5, 0.6) is 0 Å². The fraction of sp³-hybridized carbons (Fsp3) is 1.00. The van der Waals surface area contributed by atoms with Crippen LogP contribution in [0.4, 0.5) is 0 Å². The summed E-state index contributed by atoms with van der Waals surface area (Å²) in [7, 11) is 0. The molecule has 0 saturated carbocycles. The van der Waals surface area contributed by atoms with Crippen LogP contribution in [-0.2, 0) is 24.1 Å². The highest BCUT2D eigenvalue weighted by atomic mass is 32.9. The fourth-order valence-electron chi connectivity index (χ4n) is 0. The van der Waals surface area contributed by atoms with E-state index in [9.17, 15) is 4.89 Å². The normalized spacial score (nSPS) is 19.8. The molecule has 1 atom stereocenters. The van der Waals surface area contributed by atoms with Crippen molar-refractivity contribution >= 4 is 29.5 Å². The first-order valence-electron chi connectivity index (χ1n) is 1.57. The maximum absolute atomic E-state index is 10.2. The minimum Gasteiger partial charge on any atom is -0.838 e. The van der Waals surface area contributed by atoms with Crippen molar-refractivity contribution in [2.24, 2.45) is 0 Å². The fourth-order valence-corrected chi connectivity index (χ4v) is 0. The van der Waals surface area contributed by atoms with Gasteiger partial charge in [-0.2, -0.15) is 0 Å². The Morgan fingerprint density at radius 2 is 2.17 bits per heavy atom. The first-order chi connectivity index (χ1) is 2.56. The van der Waals surface area contributed by atoms with Crippen LogP contribution in [0.15, 0.2) is 0 Å². The molecule has 4 heteroatoms. The smallest absolute Gasteiger partial charge is 0.0607 e. The molecule has 6 heavy (non-hydrogen) atoms. The molecule has 38 valence electrons. The van der Waals surface area contributed by atoms with Gasteiger partial charge in [-0.3, -0.25) is 5.47 Å². The van der Waals surface area contributed by atoms with Crippen molar-refractivity contribution in [2.45, 2.75) is 6.92 Å². The first-order valence-corrected chi connectivity index (χ1v) is 5.49. The van der Waals surface area contributed by atoms with Gasteiger partial charge < -0.3 is 17.1 Å². The highest BCUT2D eigenvalue weighted by Gasteiger charge is 1.68. The summed E-state index contributed by atoms with van der Waals surface area (Å²) in [6.07, 6.45) is 0.456. The third kappa shape index (κ3) is 4.96. The summed E-state index contributed by atoms with van der Waals surface area (Å²) in [4.78, 5) is 10.2. The minimum absolute atomic E-state index is 0.456. The number of rotatable bonds is 1. The molecule has 0 aromatic carbocycles. The van der Waals surface area contributed by atoms with Gasteiger partial charge in [0.15, 0.2) is 0 Å². The lowest BCUT2D eigenvalue weighted by Gasteiger charge is -2.34. The zero-order valence-corrected chi connectivity index (χ0v) is 5.91. The predicted octanol–water partition coefficient (Wildman–Crippen LogP) is 0.223. The van der Waals surface area contributed by atoms with Crippen LogP contribution in [0.1, 0.15) is 6.92 Å². The molecule has 0 radical (unpaired) electrons. The molecule has 0 bridgehead atoms. The van der Waals surface area contributed by atoms with Crippen molar-refractivity contribution in [3.8, 4) is 0 Å². The molecule has 0 aromatic heterocycles. The van der Waals surface area contributed by atoms with Crippen molar-refractivity contribution in [1.29, 1.82) is 0 Å². The van der Waals surface area contributed by atoms with Gasteiger partial charge in [0.25, 0.3) is 0 Å². The van der Waals surface area contributed by atoms with Crippen LogP contribution >= 0.6 is 5.47 Å². The molecule has 0 N–H and O–H groups in total. The Hall–Kier alpha value is 0.960. The summed E-state index contributed by atoms with van der Waals surface area (Å²) in [5.74, 6) is 0. The van der Waals surface area contributed by atoms with Gasteiger partial charge in [-0.05, 0) is 0 Å². The van der Waals surface area contributed by atoms with E-state index in [1.54, 1.807) is 6.92 Å². The largest absolute Gasteiger partial charge is 0.838 e. The summed E-state index contributed by atoms with van der Waals surface area (Å²) >= 11 is 8.71. The summed E-state index contributed by atoms with van der Waals surface area (Å²) in [6, 6.07) is 0. The van der Waals surface area contributed by atoms with Crippen molar-refractivity contribution in [3.05, 3.63) is 0 Å². The van der Waals surface area contributed by atoms with Gasteiger partial charge in [0.2, 0.25) is 0 Å². The molecule has 0 aliphatic carbocycles. The molecule has 0 saturated heterocycles. The average Bonchev–Trinajstić information content (AvgIpc) is 1.35. The zero-order chi connectivity index (χ0) is 5.21. The van der Waals surface area contributed by atoms with E-state index >= 15 is 0 Å². The number of hydrogen-bond acceptors (Lipinski definition) is 3. The minimum atomic E-state index is -2.48. The molecule has 0 fully saturated rings. The van der Waals surface area contributed by atoms with E-state index in [2.05, 4.69) is 24.1 Å². The molecule has 1 nitrogen and oxygen atoms in total. The molecule has 0 heterocycles. The average molecular weight is 140 g/mol. The van der Waals surface area contributed by atoms with E-state index < -0.39 is 5.47 Å². The molecule has 0 aliphatic rings. The van der Waals surface area contributed by atoms with E-state index in [0.29, 0.717) is 6.16 Å².